The minimum atomic E-state index is 0. The molecule has 0 atom stereocenters. The Kier molecular flexibility index (Phi) is 5.42. The van der Waals surface area contributed by atoms with Gasteiger partial charge in [-0.15, -0.1) is 0 Å². The summed E-state index contributed by atoms with van der Waals surface area (Å²) in [6.45, 7) is 0. The summed E-state index contributed by atoms with van der Waals surface area (Å²) >= 11 is 3.36. The van der Waals surface area contributed by atoms with E-state index in [1.54, 1.807) is 18.3 Å². The number of para-hydroxylation sites is 1. The Hall–Kier alpha value is -1.09. The molecule has 1 N–H and O–H groups in total. The van der Waals surface area contributed by atoms with E-state index in [1.165, 1.54) is 0 Å². The number of phenols is 1. The molecule has 0 unspecified atom stereocenters. The molecule has 91 valence electrons. The first-order chi connectivity index (χ1) is 7.75. The molecular formula is C13H10BrCuNO. The van der Waals surface area contributed by atoms with Crippen LogP contribution in [0.1, 0.15) is 5.56 Å². The van der Waals surface area contributed by atoms with E-state index in [0.717, 1.165) is 10.2 Å². The molecule has 0 saturated heterocycles. The van der Waals surface area contributed by atoms with Gasteiger partial charge in [0.2, 0.25) is 0 Å². The molecule has 2 nitrogen and oxygen atoms in total. The van der Waals surface area contributed by atoms with Gasteiger partial charge < -0.3 is 5.11 Å². The molecule has 0 aliphatic carbocycles. The van der Waals surface area contributed by atoms with Crippen molar-refractivity contribution in [2.75, 3.05) is 0 Å². The molecule has 17 heavy (non-hydrogen) atoms. The Labute approximate surface area is 119 Å². The van der Waals surface area contributed by atoms with Crippen LogP contribution in [0, 0.1) is 0 Å². The van der Waals surface area contributed by atoms with Crippen molar-refractivity contribution in [3.8, 4) is 5.75 Å². The molecule has 0 saturated carbocycles. The van der Waals surface area contributed by atoms with Gasteiger partial charge in [-0.2, -0.15) is 0 Å². The summed E-state index contributed by atoms with van der Waals surface area (Å²) in [5.41, 5.74) is 1.57. The van der Waals surface area contributed by atoms with E-state index in [4.69, 9.17) is 0 Å². The smallest absolute Gasteiger partial charge is 0.124 e. The number of phenolic OH excluding ortho intramolecular Hbond substituents is 1. The molecule has 1 radical (unpaired) electrons. The molecule has 0 bridgehead atoms. The summed E-state index contributed by atoms with van der Waals surface area (Å²) in [6.07, 6.45) is 1.65. The third-order valence-electron chi connectivity index (χ3n) is 2.12. The summed E-state index contributed by atoms with van der Waals surface area (Å²) in [4.78, 5) is 4.27. The molecule has 0 heterocycles. The third-order valence-corrected chi connectivity index (χ3v) is 2.64. The van der Waals surface area contributed by atoms with Gasteiger partial charge in [0.25, 0.3) is 0 Å². The number of halogens is 1. The van der Waals surface area contributed by atoms with Crippen LogP contribution in [0.5, 0.6) is 5.75 Å². The third kappa shape index (κ3) is 4.00. The van der Waals surface area contributed by atoms with Gasteiger partial charge in [0, 0.05) is 33.3 Å². The van der Waals surface area contributed by atoms with Crippen molar-refractivity contribution in [2.24, 2.45) is 4.99 Å². The number of benzene rings is 2. The van der Waals surface area contributed by atoms with Crippen molar-refractivity contribution in [3.63, 3.8) is 0 Å². The van der Waals surface area contributed by atoms with Crippen LogP contribution in [0.4, 0.5) is 5.69 Å². The summed E-state index contributed by atoms with van der Waals surface area (Å²) in [5.74, 6) is 0.239. The normalized spacial score (nSPS) is 10.2. The first-order valence-electron chi connectivity index (χ1n) is 4.83. The van der Waals surface area contributed by atoms with Crippen LogP contribution in [0.25, 0.3) is 0 Å². The monoisotopic (exact) mass is 338 g/mol. The fourth-order valence-corrected chi connectivity index (χ4v) is 1.53. The van der Waals surface area contributed by atoms with Gasteiger partial charge >= 0.3 is 0 Å². The fraction of sp³-hybridized carbons (Fsp3) is 0. The molecule has 0 fully saturated rings. The van der Waals surface area contributed by atoms with Crippen molar-refractivity contribution >= 4 is 27.8 Å². The van der Waals surface area contributed by atoms with Crippen molar-refractivity contribution in [1.82, 2.24) is 0 Å². The number of hydrogen-bond acceptors (Lipinski definition) is 2. The summed E-state index contributed by atoms with van der Waals surface area (Å²) < 4.78 is 1.02. The summed E-state index contributed by atoms with van der Waals surface area (Å²) in [5, 5.41) is 9.53. The number of aromatic hydroxyl groups is 1. The first-order valence-corrected chi connectivity index (χ1v) is 5.62. The second-order valence-corrected chi connectivity index (χ2v) is 4.21. The molecule has 0 aliphatic heterocycles. The van der Waals surface area contributed by atoms with Gasteiger partial charge in [0.1, 0.15) is 5.75 Å². The predicted octanol–water partition coefficient (Wildman–Crippen LogP) is 3.90. The Morgan fingerprint density at radius 2 is 1.65 bits per heavy atom. The van der Waals surface area contributed by atoms with E-state index in [2.05, 4.69) is 20.9 Å². The van der Waals surface area contributed by atoms with Gasteiger partial charge in [0.15, 0.2) is 0 Å². The number of hydrogen-bond donors (Lipinski definition) is 1. The van der Waals surface area contributed by atoms with E-state index >= 15 is 0 Å². The molecule has 0 aliphatic rings. The van der Waals surface area contributed by atoms with Gasteiger partial charge in [-0.3, -0.25) is 4.99 Å². The average Bonchev–Trinajstić information content (AvgIpc) is 2.30. The first kappa shape index (κ1) is 14.0. The number of nitrogens with zero attached hydrogens (tertiary/aromatic N) is 1. The fourth-order valence-electron chi connectivity index (χ4n) is 1.27. The molecule has 2 rings (SSSR count). The maximum atomic E-state index is 9.53. The Morgan fingerprint density at radius 3 is 2.29 bits per heavy atom. The Bertz CT molecular complexity index is 511. The standard InChI is InChI=1S/C13H10BrNO.Cu/c14-11-5-7-12(8-6-11)15-9-10-3-1-2-4-13(10)16;/h1-9,16H;/b15-9+;. The van der Waals surface area contributed by atoms with Crippen LogP contribution in [0.15, 0.2) is 58.0 Å². The number of rotatable bonds is 2. The average molecular weight is 340 g/mol. The Morgan fingerprint density at radius 1 is 1.00 bits per heavy atom. The zero-order valence-electron chi connectivity index (χ0n) is 8.77. The molecule has 0 spiro atoms. The topological polar surface area (TPSA) is 32.6 Å². The van der Waals surface area contributed by atoms with Gasteiger partial charge in [-0.25, -0.2) is 0 Å². The SMILES string of the molecule is Oc1ccccc1/C=N/c1ccc(Br)cc1.[Cu]. The molecule has 4 heteroatoms. The quantitative estimate of drug-likeness (QED) is 0.653. The van der Waals surface area contributed by atoms with E-state index < -0.39 is 0 Å². The van der Waals surface area contributed by atoms with E-state index in [0.29, 0.717) is 5.56 Å². The van der Waals surface area contributed by atoms with Crippen LogP contribution < -0.4 is 0 Å². The second-order valence-electron chi connectivity index (χ2n) is 3.29. The van der Waals surface area contributed by atoms with Gasteiger partial charge in [-0.05, 0) is 36.4 Å². The largest absolute Gasteiger partial charge is 0.507 e. The summed E-state index contributed by atoms with van der Waals surface area (Å²) in [7, 11) is 0. The minimum Gasteiger partial charge on any atom is -0.507 e. The molecule has 0 aromatic heterocycles. The van der Waals surface area contributed by atoms with Crippen LogP contribution in [0.2, 0.25) is 0 Å². The molecule has 2 aromatic carbocycles. The van der Waals surface area contributed by atoms with Crippen molar-refractivity contribution in [1.29, 1.82) is 0 Å². The van der Waals surface area contributed by atoms with Crippen molar-refractivity contribution in [2.45, 2.75) is 0 Å². The van der Waals surface area contributed by atoms with Crippen molar-refractivity contribution < 1.29 is 22.2 Å². The van der Waals surface area contributed by atoms with E-state index in [-0.39, 0.29) is 22.8 Å². The zero-order valence-corrected chi connectivity index (χ0v) is 11.3. The van der Waals surface area contributed by atoms with Crippen LogP contribution in [0.3, 0.4) is 0 Å². The van der Waals surface area contributed by atoms with Gasteiger partial charge in [0.05, 0.1) is 5.69 Å². The Balaban J connectivity index is 0.00000144. The summed E-state index contributed by atoms with van der Waals surface area (Å²) in [6, 6.07) is 14.8. The van der Waals surface area contributed by atoms with Crippen LogP contribution in [-0.2, 0) is 17.1 Å². The predicted molar refractivity (Wildman–Crippen MR) is 69.5 cm³/mol. The maximum absolute atomic E-state index is 9.53. The number of aliphatic imine (C=N–C) groups is 1. The van der Waals surface area contributed by atoms with Crippen LogP contribution >= 0.6 is 15.9 Å². The molecular weight excluding hydrogens is 330 g/mol. The maximum Gasteiger partial charge on any atom is 0.124 e. The molecule has 0 amide bonds. The van der Waals surface area contributed by atoms with Crippen molar-refractivity contribution in [3.05, 3.63) is 58.6 Å². The van der Waals surface area contributed by atoms with Gasteiger partial charge in [-0.1, -0.05) is 28.1 Å². The second kappa shape index (κ2) is 6.60. The molecule has 2 aromatic rings. The zero-order chi connectivity index (χ0) is 11.4. The van der Waals surface area contributed by atoms with Crippen LogP contribution in [-0.4, -0.2) is 11.3 Å². The minimum absolute atomic E-state index is 0. The van der Waals surface area contributed by atoms with E-state index in [1.807, 2.05) is 36.4 Å². The van der Waals surface area contributed by atoms with E-state index in [9.17, 15) is 5.11 Å².